The minimum absolute atomic E-state index is 0.654. The molecule has 0 aliphatic heterocycles. The van der Waals surface area contributed by atoms with Gasteiger partial charge in [0.05, 0.1) is 11.6 Å². The first-order valence-corrected chi connectivity index (χ1v) is 7.12. The van der Waals surface area contributed by atoms with Crippen LogP contribution in [0.5, 0.6) is 0 Å². The fourth-order valence-electron chi connectivity index (χ4n) is 2.11. The average Bonchev–Trinajstić information content (AvgIpc) is 2.46. The van der Waals surface area contributed by atoms with E-state index in [1.54, 1.807) is 17.8 Å². The van der Waals surface area contributed by atoms with Gasteiger partial charge in [-0.05, 0) is 42.0 Å². The minimum atomic E-state index is 0.654. The zero-order chi connectivity index (χ0) is 13.9. The number of pyridine rings is 1. The number of hydrogen-bond acceptors (Lipinski definition) is 3. The van der Waals surface area contributed by atoms with Gasteiger partial charge in [0.15, 0.2) is 0 Å². The Morgan fingerprint density at radius 3 is 2.60 bits per heavy atom. The Balaban J connectivity index is 1.97. The van der Waals surface area contributed by atoms with Crippen LogP contribution in [0.15, 0.2) is 64.5 Å². The Kier molecular flexibility index (Phi) is 3.41. The van der Waals surface area contributed by atoms with Crippen LogP contribution in [0, 0.1) is 18.3 Å². The predicted octanol–water partition coefficient (Wildman–Crippen LogP) is 4.57. The highest BCUT2D eigenvalue weighted by Crippen LogP contribution is 2.29. The van der Waals surface area contributed by atoms with Gasteiger partial charge in [-0.25, -0.2) is 4.98 Å². The predicted molar refractivity (Wildman–Crippen MR) is 81.8 cm³/mol. The summed E-state index contributed by atoms with van der Waals surface area (Å²) < 4.78 is 0. The molecule has 96 valence electrons. The SMILES string of the molecule is Cc1cc(C#N)cc(Sc2ccc3ccccc3c2)n1. The summed E-state index contributed by atoms with van der Waals surface area (Å²) in [5.41, 5.74) is 1.52. The van der Waals surface area contributed by atoms with Crippen LogP contribution in [-0.4, -0.2) is 4.98 Å². The Hall–Kier alpha value is -2.31. The Morgan fingerprint density at radius 2 is 1.80 bits per heavy atom. The minimum Gasteiger partial charge on any atom is -0.246 e. The second kappa shape index (κ2) is 5.36. The lowest BCUT2D eigenvalue weighted by atomic mass is 10.1. The van der Waals surface area contributed by atoms with Crippen molar-refractivity contribution in [3.05, 3.63) is 65.9 Å². The second-order valence-corrected chi connectivity index (χ2v) is 5.65. The smallest absolute Gasteiger partial charge is 0.102 e. The summed E-state index contributed by atoms with van der Waals surface area (Å²) in [4.78, 5) is 5.60. The van der Waals surface area contributed by atoms with E-state index in [0.29, 0.717) is 5.56 Å². The maximum Gasteiger partial charge on any atom is 0.102 e. The quantitative estimate of drug-likeness (QED) is 0.688. The van der Waals surface area contributed by atoms with Crippen LogP contribution in [-0.2, 0) is 0 Å². The third kappa shape index (κ3) is 2.66. The number of rotatable bonds is 2. The van der Waals surface area contributed by atoms with E-state index in [0.717, 1.165) is 15.6 Å². The van der Waals surface area contributed by atoms with Crippen LogP contribution in [0.2, 0.25) is 0 Å². The molecule has 0 unspecified atom stereocenters. The molecule has 2 aromatic carbocycles. The summed E-state index contributed by atoms with van der Waals surface area (Å²) in [5.74, 6) is 0. The molecule has 3 rings (SSSR count). The van der Waals surface area contributed by atoms with E-state index in [-0.39, 0.29) is 0 Å². The van der Waals surface area contributed by atoms with Crippen molar-refractivity contribution in [1.82, 2.24) is 4.98 Å². The highest BCUT2D eigenvalue weighted by Gasteiger charge is 2.03. The Morgan fingerprint density at radius 1 is 1.00 bits per heavy atom. The molecule has 0 fully saturated rings. The fourth-order valence-corrected chi connectivity index (χ4v) is 3.05. The highest BCUT2D eigenvalue weighted by atomic mass is 32.2. The van der Waals surface area contributed by atoms with Crippen molar-refractivity contribution < 1.29 is 0 Å². The number of fused-ring (bicyclic) bond motifs is 1. The van der Waals surface area contributed by atoms with Crippen molar-refractivity contribution in [3.63, 3.8) is 0 Å². The topological polar surface area (TPSA) is 36.7 Å². The van der Waals surface area contributed by atoms with Gasteiger partial charge in [-0.2, -0.15) is 5.26 Å². The molecule has 0 amide bonds. The van der Waals surface area contributed by atoms with E-state index in [2.05, 4.69) is 41.4 Å². The van der Waals surface area contributed by atoms with E-state index in [1.165, 1.54) is 10.8 Å². The molecule has 3 aromatic rings. The average molecular weight is 276 g/mol. The number of aromatic nitrogens is 1. The lowest BCUT2D eigenvalue weighted by Gasteiger charge is -2.04. The molecular formula is C17H12N2S. The van der Waals surface area contributed by atoms with Gasteiger partial charge < -0.3 is 0 Å². The van der Waals surface area contributed by atoms with E-state index < -0.39 is 0 Å². The van der Waals surface area contributed by atoms with E-state index in [9.17, 15) is 0 Å². The molecule has 1 heterocycles. The molecule has 0 spiro atoms. The first-order chi connectivity index (χ1) is 9.74. The lowest BCUT2D eigenvalue weighted by molar-refractivity contribution is 1.06. The molecule has 0 atom stereocenters. The van der Waals surface area contributed by atoms with E-state index >= 15 is 0 Å². The molecular weight excluding hydrogens is 264 g/mol. The summed E-state index contributed by atoms with van der Waals surface area (Å²) in [5, 5.41) is 12.3. The van der Waals surface area contributed by atoms with Crippen molar-refractivity contribution in [3.8, 4) is 6.07 Å². The van der Waals surface area contributed by atoms with Crippen LogP contribution >= 0.6 is 11.8 Å². The molecule has 0 aliphatic rings. The second-order valence-electron chi connectivity index (χ2n) is 4.56. The summed E-state index contributed by atoms with van der Waals surface area (Å²) >= 11 is 1.58. The Bertz CT molecular complexity index is 819. The van der Waals surface area contributed by atoms with Gasteiger partial charge in [0.2, 0.25) is 0 Å². The molecule has 0 radical (unpaired) electrons. The fraction of sp³-hybridized carbons (Fsp3) is 0.0588. The van der Waals surface area contributed by atoms with E-state index in [4.69, 9.17) is 5.26 Å². The lowest BCUT2D eigenvalue weighted by Crippen LogP contribution is -1.87. The summed E-state index contributed by atoms with van der Waals surface area (Å²) in [6, 6.07) is 20.4. The summed E-state index contributed by atoms with van der Waals surface area (Å²) in [6.45, 7) is 1.91. The van der Waals surface area contributed by atoms with Crippen molar-refractivity contribution in [2.45, 2.75) is 16.8 Å². The number of aryl methyl sites for hydroxylation is 1. The van der Waals surface area contributed by atoms with Crippen LogP contribution in [0.25, 0.3) is 10.8 Å². The first kappa shape index (κ1) is 12.7. The largest absolute Gasteiger partial charge is 0.246 e. The zero-order valence-electron chi connectivity index (χ0n) is 11.0. The number of benzene rings is 2. The Labute approximate surface area is 122 Å². The summed E-state index contributed by atoms with van der Waals surface area (Å²) in [7, 11) is 0. The van der Waals surface area contributed by atoms with Gasteiger partial charge in [-0.3, -0.25) is 0 Å². The molecule has 2 nitrogen and oxygen atoms in total. The monoisotopic (exact) mass is 276 g/mol. The van der Waals surface area contributed by atoms with Crippen molar-refractivity contribution in [1.29, 1.82) is 5.26 Å². The molecule has 20 heavy (non-hydrogen) atoms. The maximum atomic E-state index is 9.01. The van der Waals surface area contributed by atoms with Gasteiger partial charge in [0, 0.05) is 10.6 Å². The van der Waals surface area contributed by atoms with Gasteiger partial charge in [-0.15, -0.1) is 0 Å². The third-order valence-electron chi connectivity index (χ3n) is 3.00. The maximum absolute atomic E-state index is 9.01. The number of hydrogen-bond donors (Lipinski definition) is 0. The number of nitrogens with zero attached hydrogens (tertiary/aromatic N) is 2. The van der Waals surface area contributed by atoms with Crippen molar-refractivity contribution >= 4 is 22.5 Å². The van der Waals surface area contributed by atoms with Gasteiger partial charge in [0.1, 0.15) is 5.03 Å². The zero-order valence-corrected chi connectivity index (χ0v) is 11.8. The molecule has 1 aromatic heterocycles. The van der Waals surface area contributed by atoms with Crippen molar-refractivity contribution in [2.24, 2.45) is 0 Å². The molecule has 0 aliphatic carbocycles. The molecule has 0 saturated heterocycles. The standard InChI is InChI=1S/C17H12N2S/c1-12-8-13(11-18)9-17(19-12)20-16-7-6-14-4-2-3-5-15(14)10-16/h2-10H,1H3. The number of nitriles is 1. The summed E-state index contributed by atoms with van der Waals surface area (Å²) in [6.07, 6.45) is 0. The first-order valence-electron chi connectivity index (χ1n) is 6.30. The highest BCUT2D eigenvalue weighted by molar-refractivity contribution is 7.99. The van der Waals surface area contributed by atoms with Crippen LogP contribution in [0.3, 0.4) is 0 Å². The van der Waals surface area contributed by atoms with Crippen molar-refractivity contribution in [2.75, 3.05) is 0 Å². The third-order valence-corrected chi connectivity index (χ3v) is 3.91. The van der Waals surface area contributed by atoms with Crippen LogP contribution < -0.4 is 0 Å². The molecule has 3 heteroatoms. The van der Waals surface area contributed by atoms with E-state index in [1.807, 2.05) is 25.1 Å². The normalized spacial score (nSPS) is 10.4. The van der Waals surface area contributed by atoms with Crippen LogP contribution in [0.1, 0.15) is 11.3 Å². The van der Waals surface area contributed by atoms with Gasteiger partial charge in [-0.1, -0.05) is 42.1 Å². The van der Waals surface area contributed by atoms with Gasteiger partial charge in [0.25, 0.3) is 0 Å². The molecule has 0 N–H and O–H groups in total. The van der Waals surface area contributed by atoms with Gasteiger partial charge >= 0.3 is 0 Å². The molecule has 0 saturated carbocycles. The molecule has 0 bridgehead atoms. The van der Waals surface area contributed by atoms with Crippen LogP contribution in [0.4, 0.5) is 0 Å².